The molecule has 0 fully saturated rings. The number of amides is 2. The molecule has 0 radical (unpaired) electrons. The second-order valence-electron chi connectivity index (χ2n) is 7.80. The number of benzene rings is 2. The maximum atomic E-state index is 12.5. The molecule has 2 aromatic carbocycles. The average Bonchev–Trinajstić information content (AvgIpc) is 3.14. The zero-order chi connectivity index (χ0) is 24.1. The lowest BCUT2D eigenvalue weighted by molar-refractivity contribution is -0.113. The number of carbonyl (C=O) groups is 2. The van der Waals surface area contributed by atoms with Crippen LogP contribution in [0, 0.1) is 0 Å². The topological polar surface area (TPSA) is 88.9 Å². The van der Waals surface area contributed by atoms with E-state index in [2.05, 4.69) is 34.7 Å². The van der Waals surface area contributed by atoms with Gasteiger partial charge >= 0.3 is 0 Å². The van der Waals surface area contributed by atoms with E-state index >= 15 is 0 Å². The van der Waals surface area contributed by atoms with Crippen LogP contribution in [0.2, 0.25) is 10.0 Å². The first-order chi connectivity index (χ1) is 15.7. The molecule has 0 aliphatic heterocycles. The predicted octanol–water partition coefficient (Wildman–Crippen LogP) is 5.47. The molecule has 2 N–H and O–H groups in total. The van der Waals surface area contributed by atoms with Gasteiger partial charge in [0.25, 0.3) is 5.91 Å². The van der Waals surface area contributed by atoms with Gasteiger partial charge in [0, 0.05) is 18.3 Å². The summed E-state index contributed by atoms with van der Waals surface area (Å²) in [7, 11) is 1.80. The third kappa shape index (κ3) is 6.28. The van der Waals surface area contributed by atoms with Crippen LogP contribution < -0.4 is 10.6 Å². The second kappa shape index (κ2) is 11.0. The van der Waals surface area contributed by atoms with Crippen molar-refractivity contribution in [1.29, 1.82) is 0 Å². The molecule has 0 saturated heterocycles. The zero-order valence-corrected chi connectivity index (χ0v) is 21.1. The van der Waals surface area contributed by atoms with E-state index in [0.29, 0.717) is 32.5 Å². The number of aromatic nitrogens is 3. The molecule has 3 aromatic rings. The van der Waals surface area contributed by atoms with Crippen molar-refractivity contribution < 1.29 is 9.59 Å². The Morgan fingerprint density at radius 2 is 1.79 bits per heavy atom. The minimum absolute atomic E-state index is 0.126. The quantitative estimate of drug-likeness (QED) is 0.396. The standard InChI is InChI=1S/C23H25Cl2N5O2S/c1-13(2)16-7-5-6-8-19(16)27-20(31)12-33-23-29-28-21(30(23)4)14(3)26-22(32)15-9-10-17(24)18(25)11-15/h5-11,13-14H,12H2,1-4H3,(H,26,32)(H,27,31)/t14-/m1/s1. The van der Waals surface area contributed by atoms with Gasteiger partial charge in [-0.15, -0.1) is 10.2 Å². The molecule has 0 spiro atoms. The number of hydrogen-bond acceptors (Lipinski definition) is 5. The van der Waals surface area contributed by atoms with Crippen LogP contribution in [0.25, 0.3) is 0 Å². The highest BCUT2D eigenvalue weighted by Gasteiger charge is 2.20. The van der Waals surface area contributed by atoms with Crippen LogP contribution in [-0.2, 0) is 11.8 Å². The van der Waals surface area contributed by atoms with E-state index in [0.717, 1.165) is 11.3 Å². The van der Waals surface area contributed by atoms with E-state index in [1.165, 1.54) is 17.8 Å². The number of para-hydroxylation sites is 1. The maximum absolute atomic E-state index is 12.5. The van der Waals surface area contributed by atoms with Gasteiger partial charge in [0.2, 0.25) is 5.91 Å². The van der Waals surface area contributed by atoms with Crippen LogP contribution in [-0.4, -0.2) is 32.3 Å². The van der Waals surface area contributed by atoms with Crippen molar-refractivity contribution in [2.75, 3.05) is 11.1 Å². The van der Waals surface area contributed by atoms with E-state index in [9.17, 15) is 9.59 Å². The summed E-state index contributed by atoms with van der Waals surface area (Å²) >= 11 is 13.2. The van der Waals surface area contributed by atoms with Gasteiger partial charge in [-0.25, -0.2) is 0 Å². The maximum Gasteiger partial charge on any atom is 0.251 e. The molecule has 7 nitrogen and oxygen atoms in total. The molecule has 2 amide bonds. The third-order valence-corrected chi connectivity index (χ3v) is 6.73. The normalized spacial score (nSPS) is 12.0. The Hall–Kier alpha value is -2.55. The zero-order valence-electron chi connectivity index (χ0n) is 18.7. The molecule has 0 saturated carbocycles. The SMILES string of the molecule is CC(C)c1ccccc1NC(=O)CSc1nnc([C@@H](C)NC(=O)c2ccc(Cl)c(Cl)c2)n1C. The van der Waals surface area contributed by atoms with Gasteiger partial charge in [-0.05, 0) is 42.7 Å². The fourth-order valence-electron chi connectivity index (χ4n) is 3.24. The fourth-order valence-corrected chi connectivity index (χ4v) is 4.26. The van der Waals surface area contributed by atoms with Gasteiger partial charge in [0.05, 0.1) is 21.8 Å². The third-order valence-electron chi connectivity index (χ3n) is 4.97. The van der Waals surface area contributed by atoms with Gasteiger partial charge in [-0.2, -0.15) is 0 Å². The van der Waals surface area contributed by atoms with E-state index in [1.807, 2.05) is 31.2 Å². The van der Waals surface area contributed by atoms with Gasteiger partial charge in [-0.3, -0.25) is 9.59 Å². The first-order valence-corrected chi connectivity index (χ1v) is 12.1. The molecule has 0 bridgehead atoms. The molecule has 33 heavy (non-hydrogen) atoms. The fraction of sp³-hybridized carbons (Fsp3) is 0.304. The van der Waals surface area contributed by atoms with Crippen molar-refractivity contribution >= 4 is 52.5 Å². The number of nitrogens with one attached hydrogen (secondary N) is 2. The Balaban J connectivity index is 1.60. The van der Waals surface area contributed by atoms with Crippen LogP contribution in [0.3, 0.4) is 0 Å². The Labute approximate surface area is 207 Å². The summed E-state index contributed by atoms with van der Waals surface area (Å²) in [5.41, 5.74) is 2.30. The number of rotatable bonds is 8. The minimum Gasteiger partial charge on any atom is -0.342 e. The molecule has 0 aliphatic carbocycles. The lowest BCUT2D eigenvalue weighted by Gasteiger charge is -2.14. The highest BCUT2D eigenvalue weighted by molar-refractivity contribution is 7.99. The lowest BCUT2D eigenvalue weighted by atomic mass is 10.0. The van der Waals surface area contributed by atoms with Crippen molar-refractivity contribution in [3.05, 3.63) is 69.5 Å². The van der Waals surface area contributed by atoms with E-state index in [4.69, 9.17) is 23.2 Å². The summed E-state index contributed by atoms with van der Waals surface area (Å²) in [4.78, 5) is 25.0. The van der Waals surface area contributed by atoms with Gasteiger partial charge in [0.1, 0.15) is 0 Å². The van der Waals surface area contributed by atoms with Crippen molar-refractivity contribution in [2.45, 2.75) is 37.9 Å². The Morgan fingerprint density at radius 1 is 1.06 bits per heavy atom. The van der Waals surface area contributed by atoms with Gasteiger partial charge in [-0.1, -0.05) is 67.0 Å². The Kier molecular flexibility index (Phi) is 8.40. The molecule has 10 heteroatoms. The summed E-state index contributed by atoms with van der Waals surface area (Å²) in [6.07, 6.45) is 0. The summed E-state index contributed by atoms with van der Waals surface area (Å²) < 4.78 is 1.76. The monoisotopic (exact) mass is 505 g/mol. The Morgan fingerprint density at radius 3 is 2.48 bits per heavy atom. The van der Waals surface area contributed by atoms with Crippen molar-refractivity contribution in [2.24, 2.45) is 7.05 Å². The Bertz CT molecular complexity index is 1170. The molecule has 1 atom stereocenters. The molecular weight excluding hydrogens is 481 g/mol. The van der Waals surface area contributed by atoms with E-state index in [-0.39, 0.29) is 17.6 Å². The second-order valence-corrected chi connectivity index (χ2v) is 9.56. The number of carbonyl (C=O) groups excluding carboxylic acids is 2. The summed E-state index contributed by atoms with van der Waals surface area (Å²) in [5, 5.41) is 15.5. The van der Waals surface area contributed by atoms with Crippen molar-refractivity contribution in [1.82, 2.24) is 20.1 Å². The molecule has 1 heterocycles. The van der Waals surface area contributed by atoms with Crippen LogP contribution in [0.5, 0.6) is 0 Å². The number of nitrogens with zero attached hydrogens (tertiary/aromatic N) is 3. The first kappa shape index (κ1) is 25.1. The molecular formula is C23H25Cl2N5O2S. The summed E-state index contributed by atoms with van der Waals surface area (Å²) in [6.45, 7) is 5.98. The van der Waals surface area contributed by atoms with Crippen molar-refractivity contribution in [3.8, 4) is 0 Å². The molecule has 0 aliphatic rings. The summed E-state index contributed by atoms with van der Waals surface area (Å²) in [5.74, 6) is 0.621. The summed E-state index contributed by atoms with van der Waals surface area (Å²) in [6, 6.07) is 12.0. The van der Waals surface area contributed by atoms with Crippen LogP contribution in [0.4, 0.5) is 5.69 Å². The van der Waals surface area contributed by atoms with Crippen LogP contribution in [0.1, 0.15) is 54.5 Å². The van der Waals surface area contributed by atoms with Gasteiger partial charge < -0.3 is 15.2 Å². The number of halogens is 2. The largest absolute Gasteiger partial charge is 0.342 e. The number of thioether (sulfide) groups is 1. The van der Waals surface area contributed by atoms with Crippen molar-refractivity contribution in [3.63, 3.8) is 0 Å². The van der Waals surface area contributed by atoms with E-state index < -0.39 is 6.04 Å². The number of hydrogen-bond donors (Lipinski definition) is 2. The van der Waals surface area contributed by atoms with E-state index in [1.54, 1.807) is 23.7 Å². The van der Waals surface area contributed by atoms with Crippen LogP contribution >= 0.6 is 35.0 Å². The predicted molar refractivity (Wildman–Crippen MR) is 133 cm³/mol. The minimum atomic E-state index is -0.412. The smallest absolute Gasteiger partial charge is 0.251 e. The van der Waals surface area contributed by atoms with Crippen LogP contribution in [0.15, 0.2) is 47.6 Å². The molecule has 1 aromatic heterocycles. The molecule has 3 rings (SSSR count). The average molecular weight is 506 g/mol. The lowest BCUT2D eigenvalue weighted by Crippen LogP contribution is -2.28. The highest BCUT2D eigenvalue weighted by atomic mass is 35.5. The highest BCUT2D eigenvalue weighted by Crippen LogP contribution is 2.25. The molecule has 0 unspecified atom stereocenters. The van der Waals surface area contributed by atoms with Gasteiger partial charge in [0.15, 0.2) is 11.0 Å². The molecule has 174 valence electrons. The first-order valence-electron chi connectivity index (χ1n) is 10.3. The number of anilines is 1.